The maximum atomic E-state index is 10.4. The van der Waals surface area contributed by atoms with Gasteiger partial charge in [0.2, 0.25) is 0 Å². The second kappa shape index (κ2) is 2.89. The second-order valence-corrected chi connectivity index (χ2v) is 3.22. The molecule has 0 heterocycles. The number of anilines is 1. The third kappa shape index (κ3) is 3.01. The lowest BCUT2D eigenvalue weighted by Crippen LogP contribution is -2.21. The molecule has 3 N–H and O–H groups in total. The normalized spacial score (nSPS) is 11.0. The van der Waals surface area contributed by atoms with Crippen molar-refractivity contribution in [3.8, 4) is 0 Å². The molecule has 1 rings (SSSR count). The van der Waals surface area contributed by atoms with Crippen molar-refractivity contribution in [1.29, 1.82) is 0 Å². The van der Waals surface area contributed by atoms with E-state index in [1.165, 1.54) is 0 Å². The van der Waals surface area contributed by atoms with Gasteiger partial charge in [-0.05, 0) is 6.07 Å². The van der Waals surface area contributed by atoms with Crippen LogP contribution in [0.25, 0.3) is 0 Å². The molecule has 1 aromatic rings. The van der Waals surface area contributed by atoms with E-state index in [9.17, 15) is 8.42 Å². The zero-order valence-corrected chi connectivity index (χ0v) is 6.43. The molecule has 0 amide bonds. The van der Waals surface area contributed by atoms with E-state index in [2.05, 4.69) is 10.8 Å². The van der Waals surface area contributed by atoms with E-state index in [1.807, 2.05) is 0 Å². The van der Waals surface area contributed by atoms with E-state index in [-0.39, 0.29) is 0 Å². The fourth-order valence-corrected chi connectivity index (χ4v) is 1.04. The summed E-state index contributed by atoms with van der Waals surface area (Å²) in [6, 6.07) is 9.22. The van der Waals surface area contributed by atoms with Crippen molar-refractivity contribution in [3.05, 3.63) is 30.3 Å². The van der Waals surface area contributed by atoms with Crippen molar-refractivity contribution < 1.29 is 8.42 Å². The summed E-state index contributed by atoms with van der Waals surface area (Å²) in [6.45, 7) is 0. The van der Waals surface area contributed by atoms with Crippen LogP contribution in [0, 0.1) is 6.07 Å². The maximum absolute atomic E-state index is 10.4. The van der Waals surface area contributed by atoms with Crippen LogP contribution in [0.15, 0.2) is 24.3 Å². The van der Waals surface area contributed by atoms with Gasteiger partial charge in [-0.15, -0.1) is 0 Å². The Kier molecular flexibility index (Phi) is 2.11. The third-order valence-corrected chi connectivity index (χ3v) is 1.47. The zero-order chi connectivity index (χ0) is 8.32. The number of benzene rings is 1. The van der Waals surface area contributed by atoms with Gasteiger partial charge in [0.25, 0.3) is 10.2 Å². The molecule has 0 spiro atoms. The summed E-state index contributed by atoms with van der Waals surface area (Å²) in [5, 5.41) is 4.71. The fraction of sp³-hybridized carbons (Fsp3) is 0. The van der Waals surface area contributed by atoms with Gasteiger partial charge in [-0.25, -0.2) is 5.14 Å². The molecule has 1 aromatic carbocycles. The molecule has 0 aliphatic rings. The van der Waals surface area contributed by atoms with E-state index in [4.69, 9.17) is 5.14 Å². The van der Waals surface area contributed by atoms with Gasteiger partial charge in [0.1, 0.15) is 0 Å². The highest BCUT2D eigenvalue weighted by atomic mass is 32.2. The number of hydrogen-bond donors (Lipinski definition) is 2. The van der Waals surface area contributed by atoms with Crippen molar-refractivity contribution in [2.45, 2.75) is 0 Å². The highest BCUT2D eigenvalue weighted by Crippen LogP contribution is 2.03. The maximum Gasteiger partial charge on any atom is 0.296 e. The molecule has 0 bridgehead atoms. The van der Waals surface area contributed by atoms with Gasteiger partial charge >= 0.3 is 0 Å². The molecule has 0 atom stereocenters. The molecule has 1 radical (unpaired) electrons. The lowest BCUT2D eigenvalue weighted by Gasteiger charge is -2.00. The Balaban J connectivity index is 2.82. The van der Waals surface area contributed by atoms with Crippen LogP contribution in [0.2, 0.25) is 0 Å². The number of rotatable bonds is 2. The van der Waals surface area contributed by atoms with Gasteiger partial charge in [-0.2, -0.15) is 8.42 Å². The first-order valence-electron chi connectivity index (χ1n) is 2.85. The summed E-state index contributed by atoms with van der Waals surface area (Å²) in [7, 11) is -3.66. The van der Waals surface area contributed by atoms with Crippen LogP contribution < -0.4 is 9.86 Å². The van der Waals surface area contributed by atoms with E-state index in [0.29, 0.717) is 5.69 Å². The van der Waals surface area contributed by atoms with Crippen LogP contribution in [-0.2, 0) is 10.2 Å². The van der Waals surface area contributed by atoms with Crippen molar-refractivity contribution in [3.63, 3.8) is 0 Å². The number of hydrogen-bond acceptors (Lipinski definition) is 2. The Labute approximate surface area is 65.2 Å². The Hall–Kier alpha value is -1.07. The molecule has 0 aliphatic carbocycles. The Morgan fingerprint density at radius 1 is 1.45 bits per heavy atom. The average molecular weight is 171 g/mol. The van der Waals surface area contributed by atoms with Gasteiger partial charge < -0.3 is 0 Å². The Bertz CT molecular complexity index is 320. The number of nitrogens with two attached hydrogens (primary N) is 1. The first-order chi connectivity index (χ1) is 5.08. The fourth-order valence-electron chi connectivity index (χ4n) is 0.610. The van der Waals surface area contributed by atoms with Crippen LogP contribution in [0.1, 0.15) is 0 Å². The summed E-state index contributed by atoms with van der Waals surface area (Å²) in [6.07, 6.45) is 0. The summed E-state index contributed by atoms with van der Waals surface area (Å²) in [4.78, 5) is 0. The quantitative estimate of drug-likeness (QED) is 0.662. The SMILES string of the molecule is NS(=O)(=O)Nc1[c]cccc1. The molecule has 0 unspecified atom stereocenters. The minimum absolute atomic E-state index is 0.343. The molecule has 11 heavy (non-hydrogen) atoms. The largest absolute Gasteiger partial charge is 0.296 e. The minimum atomic E-state index is -3.66. The lowest BCUT2D eigenvalue weighted by molar-refractivity contribution is 0.603. The van der Waals surface area contributed by atoms with Gasteiger partial charge in [0.05, 0.1) is 5.69 Å². The zero-order valence-electron chi connectivity index (χ0n) is 5.61. The van der Waals surface area contributed by atoms with Crippen LogP contribution in [-0.4, -0.2) is 8.42 Å². The van der Waals surface area contributed by atoms with Crippen molar-refractivity contribution in [2.24, 2.45) is 5.14 Å². The molecule has 59 valence electrons. The standard InChI is InChI=1S/C6H7N2O2S/c7-11(9,10)8-6-4-2-1-3-5-6/h1-4,8H,(H2,7,9,10). The average Bonchev–Trinajstić information content (AvgIpc) is 1.85. The first kappa shape index (κ1) is 8.03. The van der Waals surface area contributed by atoms with Crippen molar-refractivity contribution >= 4 is 15.9 Å². The highest BCUT2D eigenvalue weighted by molar-refractivity contribution is 7.90. The summed E-state index contributed by atoms with van der Waals surface area (Å²) >= 11 is 0. The molecular weight excluding hydrogens is 164 g/mol. The molecule has 0 aromatic heterocycles. The van der Waals surface area contributed by atoms with Crippen LogP contribution in [0.5, 0.6) is 0 Å². The number of para-hydroxylation sites is 1. The van der Waals surface area contributed by atoms with E-state index in [1.54, 1.807) is 24.3 Å². The molecule has 0 saturated heterocycles. The highest BCUT2D eigenvalue weighted by Gasteiger charge is 1.99. The van der Waals surface area contributed by atoms with Crippen LogP contribution in [0.4, 0.5) is 5.69 Å². The summed E-state index contributed by atoms with van der Waals surface area (Å²) in [5.74, 6) is 0. The molecule has 0 saturated carbocycles. The van der Waals surface area contributed by atoms with Gasteiger partial charge in [-0.1, -0.05) is 18.2 Å². The van der Waals surface area contributed by atoms with Crippen LogP contribution in [0.3, 0.4) is 0 Å². The van der Waals surface area contributed by atoms with E-state index >= 15 is 0 Å². The summed E-state index contributed by atoms with van der Waals surface area (Å²) in [5.41, 5.74) is 0.343. The lowest BCUT2D eigenvalue weighted by atomic mass is 10.3. The molecule has 0 fully saturated rings. The van der Waals surface area contributed by atoms with E-state index in [0.717, 1.165) is 0 Å². The monoisotopic (exact) mass is 171 g/mol. The second-order valence-electron chi connectivity index (χ2n) is 1.92. The van der Waals surface area contributed by atoms with Gasteiger partial charge in [-0.3, -0.25) is 4.72 Å². The third-order valence-electron chi connectivity index (χ3n) is 0.961. The molecular formula is C6H7N2O2S. The van der Waals surface area contributed by atoms with E-state index < -0.39 is 10.2 Å². The predicted octanol–water partition coefficient (Wildman–Crippen LogP) is 0.102. The molecule has 5 heteroatoms. The first-order valence-corrected chi connectivity index (χ1v) is 4.40. The molecule has 4 nitrogen and oxygen atoms in total. The predicted molar refractivity (Wildman–Crippen MR) is 42.0 cm³/mol. The topological polar surface area (TPSA) is 72.2 Å². The molecule has 0 aliphatic heterocycles. The smallest absolute Gasteiger partial charge is 0.271 e. The van der Waals surface area contributed by atoms with Gasteiger partial charge in [0.15, 0.2) is 0 Å². The van der Waals surface area contributed by atoms with Crippen molar-refractivity contribution in [2.75, 3.05) is 4.72 Å². The van der Waals surface area contributed by atoms with Crippen molar-refractivity contribution in [1.82, 2.24) is 0 Å². The minimum Gasteiger partial charge on any atom is -0.271 e. The van der Waals surface area contributed by atoms with Crippen LogP contribution >= 0.6 is 0 Å². The Morgan fingerprint density at radius 2 is 2.18 bits per heavy atom. The number of nitrogens with one attached hydrogen (secondary N) is 1. The Morgan fingerprint density at radius 3 is 2.64 bits per heavy atom. The summed E-state index contributed by atoms with van der Waals surface area (Å²) < 4.78 is 23.0. The van der Waals surface area contributed by atoms with Gasteiger partial charge in [0, 0.05) is 6.07 Å².